The smallest absolute Gasteiger partial charge is 0.108 e. The SMILES string of the molecule is CCc1nccn1CCC(N)=S. The zero-order valence-electron chi connectivity index (χ0n) is 7.16. The van der Waals surface area contributed by atoms with Gasteiger partial charge >= 0.3 is 0 Å². The first-order chi connectivity index (χ1) is 5.74. The van der Waals surface area contributed by atoms with Crippen molar-refractivity contribution in [3.63, 3.8) is 0 Å². The van der Waals surface area contributed by atoms with Gasteiger partial charge in [-0.25, -0.2) is 4.98 Å². The van der Waals surface area contributed by atoms with Crippen LogP contribution in [0.5, 0.6) is 0 Å². The summed E-state index contributed by atoms with van der Waals surface area (Å²) in [6.07, 6.45) is 5.46. The standard InChI is InChI=1S/C8H13N3S/c1-2-8-10-4-6-11(8)5-3-7(9)12/h4,6H,2-3,5H2,1H3,(H2,9,12). The van der Waals surface area contributed by atoms with Gasteiger partial charge in [-0.3, -0.25) is 0 Å². The molecule has 0 aliphatic heterocycles. The average molecular weight is 183 g/mol. The third kappa shape index (κ3) is 2.30. The van der Waals surface area contributed by atoms with Gasteiger partial charge in [0.1, 0.15) is 5.82 Å². The Hall–Kier alpha value is -0.900. The molecule has 1 heterocycles. The van der Waals surface area contributed by atoms with Gasteiger partial charge in [-0.05, 0) is 0 Å². The molecule has 12 heavy (non-hydrogen) atoms. The number of aromatic nitrogens is 2. The van der Waals surface area contributed by atoms with Crippen LogP contribution in [0.4, 0.5) is 0 Å². The summed E-state index contributed by atoms with van der Waals surface area (Å²) in [4.78, 5) is 4.75. The molecule has 1 aromatic rings. The largest absolute Gasteiger partial charge is 0.393 e. The minimum absolute atomic E-state index is 0.561. The summed E-state index contributed by atoms with van der Waals surface area (Å²) >= 11 is 4.79. The van der Waals surface area contributed by atoms with E-state index in [1.54, 1.807) is 6.20 Å². The zero-order valence-corrected chi connectivity index (χ0v) is 7.97. The molecule has 3 nitrogen and oxygen atoms in total. The van der Waals surface area contributed by atoms with Crippen LogP contribution in [0.1, 0.15) is 19.2 Å². The molecule has 0 atom stereocenters. The van der Waals surface area contributed by atoms with Crippen LogP contribution in [-0.4, -0.2) is 14.5 Å². The Morgan fingerprint density at radius 1 is 1.75 bits per heavy atom. The van der Waals surface area contributed by atoms with Crippen molar-refractivity contribution in [3.8, 4) is 0 Å². The van der Waals surface area contributed by atoms with Crippen LogP contribution in [0.2, 0.25) is 0 Å². The number of aryl methyl sites for hydroxylation is 2. The van der Waals surface area contributed by atoms with E-state index in [1.165, 1.54) is 0 Å². The lowest BCUT2D eigenvalue weighted by Gasteiger charge is -2.04. The monoisotopic (exact) mass is 183 g/mol. The summed E-state index contributed by atoms with van der Waals surface area (Å²) in [6.45, 7) is 2.93. The summed E-state index contributed by atoms with van der Waals surface area (Å²) in [6, 6.07) is 0. The fourth-order valence-electron chi connectivity index (χ4n) is 1.09. The van der Waals surface area contributed by atoms with E-state index in [0.717, 1.165) is 25.2 Å². The van der Waals surface area contributed by atoms with E-state index < -0.39 is 0 Å². The third-order valence-electron chi connectivity index (χ3n) is 1.72. The maximum absolute atomic E-state index is 5.40. The lowest BCUT2D eigenvalue weighted by molar-refractivity contribution is 0.679. The Balaban J connectivity index is 2.56. The summed E-state index contributed by atoms with van der Waals surface area (Å²) in [5, 5.41) is 0. The van der Waals surface area contributed by atoms with Crippen molar-refractivity contribution in [2.75, 3.05) is 0 Å². The van der Waals surface area contributed by atoms with Crippen LogP contribution in [-0.2, 0) is 13.0 Å². The van der Waals surface area contributed by atoms with Crippen molar-refractivity contribution >= 4 is 17.2 Å². The highest BCUT2D eigenvalue weighted by molar-refractivity contribution is 7.80. The average Bonchev–Trinajstić information content (AvgIpc) is 2.47. The molecule has 0 amide bonds. The molecular formula is C8H13N3S. The van der Waals surface area contributed by atoms with Gasteiger partial charge in [0.15, 0.2) is 0 Å². The van der Waals surface area contributed by atoms with Gasteiger partial charge in [0, 0.05) is 31.8 Å². The first kappa shape index (κ1) is 9.19. The summed E-state index contributed by atoms with van der Waals surface area (Å²) in [7, 11) is 0. The second kappa shape index (κ2) is 4.21. The van der Waals surface area contributed by atoms with Crippen LogP contribution >= 0.6 is 12.2 Å². The maximum atomic E-state index is 5.40. The Kier molecular flexibility index (Phi) is 3.22. The third-order valence-corrected chi connectivity index (χ3v) is 1.92. The number of rotatable bonds is 4. The van der Waals surface area contributed by atoms with Gasteiger partial charge in [-0.15, -0.1) is 0 Å². The molecule has 0 saturated heterocycles. The Morgan fingerprint density at radius 2 is 2.50 bits per heavy atom. The van der Waals surface area contributed by atoms with Crippen LogP contribution in [0, 0.1) is 0 Å². The summed E-state index contributed by atoms with van der Waals surface area (Å²) < 4.78 is 2.08. The molecule has 0 aliphatic rings. The molecule has 1 rings (SSSR count). The topological polar surface area (TPSA) is 43.8 Å². The van der Waals surface area contributed by atoms with Crippen molar-refractivity contribution in [1.82, 2.24) is 9.55 Å². The predicted molar refractivity (Wildman–Crippen MR) is 53.0 cm³/mol. The molecule has 0 aliphatic carbocycles. The van der Waals surface area contributed by atoms with Gasteiger partial charge in [-0.1, -0.05) is 19.1 Å². The number of thiocarbonyl (C=S) groups is 1. The number of imidazole rings is 1. The Labute approximate surface area is 77.6 Å². The van der Waals surface area contributed by atoms with Crippen LogP contribution < -0.4 is 5.73 Å². The molecule has 0 spiro atoms. The van der Waals surface area contributed by atoms with Gasteiger partial charge < -0.3 is 10.3 Å². The van der Waals surface area contributed by atoms with E-state index in [4.69, 9.17) is 18.0 Å². The molecule has 0 saturated carbocycles. The van der Waals surface area contributed by atoms with Gasteiger partial charge in [-0.2, -0.15) is 0 Å². The molecular weight excluding hydrogens is 170 g/mol. The molecule has 1 aromatic heterocycles. The number of hydrogen-bond acceptors (Lipinski definition) is 2. The first-order valence-electron chi connectivity index (χ1n) is 4.02. The van der Waals surface area contributed by atoms with Crippen LogP contribution in [0.25, 0.3) is 0 Å². The molecule has 0 aromatic carbocycles. The van der Waals surface area contributed by atoms with Gasteiger partial charge in [0.2, 0.25) is 0 Å². The normalized spacial score (nSPS) is 10.1. The highest BCUT2D eigenvalue weighted by atomic mass is 32.1. The molecule has 4 heteroatoms. The number of hydrogen-bond donors (Lipinski definition) is 1. The second-order valence-corrected chi connectivity index (χ2v) is 3.13. The van der Waals surface area contributed by atoms with E-state index in [2.05, 4.69) is 16.5 Å². The van der Waals surface area contributed by atoms with Crippen molar-refractivity contribution in [3.05, 3.63) is 18.2 Å². The van der Waals surface area contributed by atoms with E-state index in [-0.39, 0.29) is 0 Å². The molecule has 0 unspecified atom stereocenters. The fraction of sp³-hybridized carbons (Fsp3) is 0.500. The predicted octanol–water partition coefficient (Wildman–Crippen LogP) is 1.12. The lowest BCUT2D eigenvalue weighted by Crippen LogP contribution is -2.12. The zero-order chi connectivity index (χ0) is 8.97. The number of nitrogens with zero attached hydrogens (tertiary/aromatic N) is 2. The van der Waals surface area contributed by atoms with E-state index in [0.29, 0.717) is 4.99 Å². The fourth-order valence-corrected chi connectivity index (χ4v) is 1.18. The highest BCUT2D eigenvalue weighted by Gasteiger charge is 1.99. The minimum Gasteiger partial charge on any atom is -0.393 e. The maximum Gasteiger partial charge on any atom is 0.108 e. The van der Waals surface area contributed by atoms with E-state index >= 15 is 0 Å². The number of nitrogens with two attached hydrogens (primary N) is 1. The van der Waals surface area contributed by atoms with Crippen LogP contribution in [0.15, 0.2) is 12.4 Å². The van der Waals surface area contributed by atoms with Crippen LogP contribution in [0.3, 0.4) is 0 Å². The molecule has 66 valence electrons. The second-order valence-electron chi connectivity index (χ2n) is 2.61. The first-order valence-corrected chi connectivity index (χ1v) is 4.43. The lowest BCUT2D eigenvalue weighted by atomic mass is 10.4. The summed E-state index contributed by atoms with van der Waals surface area (Å²) in [5.74, 6) is 1.09. The highest BCUT2D eigenvalue weighted by Crippen LogP contribution is 1.99. The van der Waals surface area contributed by atoms with E-state index in [9.17, 15) is 0 Å². The Bertz CT molecular complexity index is 267. The Morgan fingerprint density at radius 3 is 3.08 bits per heavy atom. The minimum atomic E-state index is 0.561. The van der Waals surface area contributed by atoms with Crippen molar-refractivity contribution in [2.24, 2.45) is 5.73 Å². The molecule has 2 N–H and O–H groups in total. The van der Waals surface area contributed by atoms with Crippen molar-refractivity contribution in [1.29, 1.82) is 0 Å². The molecule has 0 radical (unpaired) electrons. The molecule has 0 fully saturated rings. The van der Waals surface area contributed by atoms with Crippen molar-refractivity contribution < 1.29 is 0 Å². The quantitative estimate of drug-likeness (QED) is 0.711. The summed E-state index contributed by atoms with van der Waals surface area (Å²) in [5.41, 5.74) is 5.40. The van der Waals surface area contributed by atoms with E-state index in [1.807, 2.05) is 6.20 Å². The van der Waals surface area contributed by atoms with Gasteiger partial charge in [0.05, 0.1) is 4.99 Å². The molecule has 0 bridgehead atoms. The van der Waals surface area contributed by atoms with Gasteiger partial charge in [0.25, 0.3) is 0 Å². The van der Waals surface area contributed by atoms with Crippen molar-refractivity contribution in [2.45, 2.75) is 26.3 Å².